The Morgan fingerprint density at radius 2 is 2.40 bits per heavy atom. The van der Waals surface area contributed by atoms with Gasteiger partial charge in [0, 0.05) is 6.20 Å². The molecular weight excluding hydrogens is 218 g/mol. The predicted molar refractivity (Wildman–Crippen MR) is 57.6 cm³/mol. The lowest BCUT2D eigenvalue weighted by Gasteiger charge is -2.13. The third kappa shape index (κ3) is 2.62. The lowest BCUT2D eigenvalue weighted by molar-refractivity contribution is -0.147. The van der Waals surface area contributed by atoms with E-state index >= 15 is 0 Å². The van der Waals surface area contributed by atoms with E-state index in [1.165, 1.54) is 10.9 Å². The third-order valence-electron chi connectivity index (χ3n) is 1.98. The average Bonchev–Trinajstić information content (AvgIpc) is 2.48. The van der Waals surface area contributed by atoms with Crippen LogP contribution in [0.1, 0.15) is 26.3 Å². The standard InChI is InChI=1S/C9H14ClN3O2/c1-3-7(9(14)15-4-2)13-5-6(10)8(11)12-13/h5,7H,3-4H2,1-2H3,(H2,11,12). The Balaban J connectivity index is 2.87. The first-order valence-corrected chi connectivity index (χ1v) is 5.14. The van der Waals surface area contributed by atoms with Gasteiger partial charge in [0.2, 0.25) is 0 Å². The zero-order chi connectivity index (χ0) is 11.4. The van der Waals surface area contributed by atoms with Crippen LogP contribution in [0.15, 0.2) is 6.20 Å². The van der Waals surface area contributed by atoms with Crippen LogP contribution in [0.5, 0.6) is 0 Å². The van der Waals surface area contributed by atoms with Crippen LogP contribution < -0.4 is 5.73 Å². The van der Waals surface area contributed by atoms with Crippen molar-refractivity contribution in [1.29, 1.82) is 0 Å². The van der Waals surface area contributed by atoms with Gasteiger partial charge in [-0.2, -0.15) is 5.10 Å². The van der Waals surface area contributed by atoms with Crippen LogP contribution in [-0.4, -0.2) is 22.4 Å². The van der Waals surface area contributed by atoms with Crippen molar-refractivity contribution in [1.82, 2.24) is 9.78 Å². The second-order valence-corrected chi connectivity index (χ2v) is 3.43. The molecule has 0 amide bonds. The summed E-state index contributed by atoms with van der Waals surface area (Å²) in [7, 11) is 0. The molecule has 2 N–H and O–H groups in total. The minimum atomic E-state index is -0.459. The number of nitrogens with two attached hydrogens (primary N) is 1. The van der Waals surface area contributed by atoms with Crippen LogP contribution in [0.2, 0.25) is 5.02 Å². The third-order valence-corrected chi connectivity index (χ3v) is 2.27. The molecule has 1 heterocycles. The maximum atomic E-state index is 11.5. The Morgan fingerprint density at radius 1 is 1.73 bits per heavy atom. The Bertz CT molecular complexity index is 332. The van der Waals surface area contributed by atoms with E-state index in [1.54, 1.807) is 6.92 Å². The number of hydrogen-bond acceptors (Lipinski definition) is 4. The van der Waals surface area contributed by atoms with Crippen molar-refractivity contribution in [2.45, 2.75) is 26.3 Å². The molecule has 0 saturated heterocycles. The molecule has 6 heteroatoms. The number of nitrogen functional groups attached to an aromatic ring is 1. The fourth-order valence-corrected chi connectivity index (χ4v) is 1.38. The fourth-order valence-electron chi connectivity index (χ4n) is 1.24. The van der Waals surface area contributed by atoms with Crippen molar-refractivity contribution in [3.05, 3.63) is 11.2 Å². The summed E-state index contributed by atoms with van der Waals surface area (Å²) < 4.78 is 6.35. The van der Waals surface area contributed by atoms with E-state index in [4.69, 9.17) is 22.1 Å². The molecule has 1 unspecified atom stereocenters. The van der Waals surface area contributed by atoms with E-state index in [0.29, 0.717) is 18.1 Å². The number of ether oxygens (including phenoxy) is 1. The highest BCUT2D eigenvalue weighted by Crippen LogP contribution is 2.20. The number of nitrogens with zero attached hydrogens (tertiary/aromatic N) is 2. The first-order chi connectivity index (χ1) is 7.10. The average molecular weight is 232 g/mol. The largest absolute Gasteiger partial charge is 0.464 e. The highest BCUT2D eigenvalue weighted by Gasteiger charge is 2.21. The molecule has 1 rings (SSSR count). The van der Waals surface area contributed by atoms with Gasteiger partial charge in [0.05, 0.1) is 6.61 Å². The Hall–Kier alpha value is -1.23. The molecule has 0 spiro atoms. The zero-order valence-electron chi connectivity index (χ0n) is 8.74. The summed E-state index contributed by atoms with van der Waals surface area (Å²) >= 11 is 5.75. The molecule has 0 aliphatic rings. The summed E-state index contributed by atoms with van der Waals surface area (Å²) in [6, 6.07) is -0.459. The van der Waals surface area contributed by atoms with Crippen molar-refractivity contribution in [2.75, 3.05) is 12.3 Å². The van der Waals surface area contributed by atoms with Crippen molar-refractivity contribution < 1.29 is 9.53 Å². The van der Waals surface area contributed by atoms with E-state index < -0.39 is 6.04 Å². The van der Waals surface area contributed by atoms with Crippen LogP contribution in [0, 0.1) is 0 Å². The fraction of sp³-hybridized carbons (Fsp3) is 0.556. The van der Waals surface area contributed by atoms with Gasteiger partial charge in [0.25, 0.3) is 0 Å². The SMILES string of the molecule is CCOC(=O)C(CC)n1cc(Cl)c(N)n1. The molecule has 1 atom stereocenters. The number of rotatable bonds is 4. The van der Waals surface area contributed by atoms with Gasteiger partial charge >= 0.3 is 5.97 Å². The highest BCUT2D eigenvalue weighted by molar-refractivity contribution is 6.32. The van der Waals surface area contributed by atoms with E-state index in [2.05, 4.69) is 5.10 Å². The lowest BCUT2D eigenvalue weighted by Crippen LogP contribution is -2.21. The smallest absolute Gasteiger partial charge is 0.330 e. The first kappa shape index (κ1) is 11.8. The van der Waals surface area contributed by atoms with Gasteiger partial charge < -0.3 is 10.5 Å². The number of hydrogen-bond donors (Lipinski definition) is 1. The topological polar surface area (TPSA) is 70.1 Å². The molecule has 0 aromatic carbocycles. The molecular formula is C9H14ClN3O2. The Kier molecular flexibility index (Phi) is 3.96. The van der Waals surface area contributed by atoms with Gasteiger partial charge in [0.1, 0.15) is 11.1 Å². The molecule has 1 aromatic heterocycles. The molecule has 5 nitrogen and oxygen atoms in total. The summed E-state index contributed by atoms with van der Waals surface area (Å²) in [5.74, 6) is -0.0985. The van der Waals surface area contributed by atoms with Gasteiger partial charge in [-0.1, -0.05) is 18.5 Å². The summed E-state index contributed by atoms with van der Waals surface area (Å²) in [5, 5.41) is 4.29. The van der Waals surface area contributed by atoms with Gasteiger partial charge in [-0.15, -0.1) is 0 Å². The van der Waals surface area contributed by atoms with E-state index in [-0.39, 0.29) is 11.8 Å². The molecule has 0 radical (unpaired) electrons. The Morgan fingerprint density at radius 3 is 2.80 bits per heavy atom. The van der Waals surface area contributed by atoms with Crippen LogP contribution in [0.3, 0.4) is 0 Å². The van der Waals surface area contributed by atoms with Gasteiger partial charge in [-0.3, -0.25) is 4.68 Å². The van der Waals surface area contributed by atoms with E-state index in [9.17, 15) is 4.79 Å². The van der Waals surface area contributed by atoms with Crippen LogP contribution >= 0.6 is 11.6 Å². The summed E-state index contributed by atoms with van der Waals surface area (Å²) in [4.78, 5) is 11.5. The number of esters is 1. The van der Waals surface area contributed by atoms with Gasteiger partial charge in [-0.25, -0.2) is 4.79 Å². The number of anilines is 1. The van der Waals surface area contributed by atoms with Crippen LogP contribution in [0.4, 0.5) is 5.82 Å². The summed E-state index contributed by atoms with van der Waals surface area (Å²) in [6.45, 7) is 3.97. The molecule has 0 aliphatic heterocycles. The second-order valence-electron chi connectivity index (χ2n) is 3.02. The first-order valence-electron chi connectivity index (χ1n) is 4.76. The monoisotopic (exact) mass is 231 g/mol. The second kappa shape index (κ2) is 5.02. The van der Waals surface area contributed by atoms with Crippen molar-refractivity contribution >= 4 is 23.4 Å². The van der Waals surface area contributed by atoms with Gasteiger partial charge in [0.15, 0.2) is 5.82 Å². The highest BCUT2D eigenvalue weighted by atomic mass is 35.5. The molecule has 0 bridgehead atoms. The molecule has 0 saturated carbocycles. The molecule has 15 heavy (non-hydrogen) atoms. The lowest BCUT2D eigenvalue weighted by atomic mass is 10.2. The molecule has 1 aromatic rings. The maximum absolute atomic E-state index is 11.5. The van der Waals surface area contributed by atoms with Crippen molar-refractivity contribution in [3.63, 3.8) is 0 Å². The van der Waals surface area contributed by atoms with E-state index in [1.807, 2.05) is 6.92 Å². The zero-order valence-corrected chi connectivity index (χ0v) is 9.49. The summed E-state index contributed by atoms with van der Waals surface area (Å²) in [5.41, 5.74) is 5.49. The number of carbonyl (C=O) groups is 1. The van der Waals surface area contributed by atoms with E-state index in [0.717, 1.165) is 0 Å². The number of aromatic nitrogens is 2. The Labute approximate surface area is 93.1 Å². The van der Waals surface area contributed by atoms with Crippen LogP contribution in [0.25, 0.3) is 0 Å². The number of halogens is 1. The predicted octanol–water partition coefficient (Wildman–Crippen LogP) is 1.63. The quantitative estimate of drug-likeness (QED) is 0.800. The summed E-state index contributed by atoms with van der Waals surface area (Å²) in [6.07, 6.45) is 2.11. The molecule has 0 aliphatic carbocycles. The minimum absolute atomic E-state index is 0.222. The van der Waals surface area contributed by atoms with Gasteiger partial charge in [-0.05, 0) is 13.3 Å². The number of carbonyl (C=O) groups excluding carboxylic acids is 1. The maximum Gasteiger partial charge on any atom is 0.330 e. The van der Waals surface area contributed by atoms with Crippen LogP contribution in [-0.2, 0) is 9.53 Å². The normalized spacial score (nSPS) is 12.5. The van der Waals surface area contributed by atoms with Crippen molar-refractivity contribution in [3.8, 4) is 0 Å². The van der Waals surface area contributed by atoms with Crippen molar-refractivity contribution in [2.24, 2.45) is 0 Å². The molecule has 84 valence electrons. The molecule has 0 fully saturated rings. The minimum Gasteiger partial charge on any atom is -0.464 e.